The third kappa shape index (κ3) is 2.59. The van der Waals surface area contributed by atoms with Crippen molar-refractivity contribution in [2.45, 2.75) is 50.4 Å². The Hall–Kier alpha value is -1.03. The molecule has 1 aromatic heterocycles. The van der Waals surface area contributed by atoms with Crippen molar-refractivity contribution in [3.63, 3.8) is 0 Å². The van der Waals surface area contributed by atoms with Gasteiger partial charge in [-0.3, -0.25) is 4.90 Å². The zero-order valence-corrected chi connectivity index (χ0v) is 13.2. The second-order valence-corrected chi connectivity index (χ2v) is 7.12. The molecule has 2 fully saturated rings. The van der Waals surface area contributed by atoms with Crippen molar-refractivity contribution >= 4 is 22.5 Å². The van der Waals surface area contributed by atoms with Gasteiger partial charge in [-0.15, -0.1) is 0 Å². The Kier molecular flexibility index (Phi) is 3.44. The van der Waals surface area contributed by atoms with Crippen molar-refractivity contribution in [2.24, 2.45) is 0 Å². The normalized spacial score (nSPS) is 28.6. The van der Waals surface area contributed by atoms with Gasteiger partial charge in [0.25, 0.3) is 0 Å². The molecule has 4 rings (SSSR count). The van der Waals surface area contributed by atoms with Crippen LogP contribution in [-0.4, -0.2) is 35.1 Å². The summed E-state index contributed by atoms with van der Waals surface area (Å²) >= 11 is 6.06. The Bertz CT molecular complexity index is 639. The van der Waals surface area contributed by atoms with E-state index in [1.807, 2.05) is 12.1 Å². The fourth-order valence-electron chi connectivity index (χ4n) is 4.07. The third-order valence-electron chi connectivity index (χ3n) is 5.22. The largest absolute Gasteiger partial charge is 0.361 e. The summed E-state index contributed by atoms with van der Waals surface area (Å²) in [4.78, 5) is 5.87. The maximum Gasteiger partial charge on any atom is 0.0472 e. The number of halogens is 1. The lowest BCUT2D eigenvalue weighted by Gasteiger charge is -2.35. The molecule has 4 heteroatoms. The molecule has 2 aliphatic rings. The fraction of sp³-hybridized carbons (Fsp3) is 0.529. The first-order valence-corrected chi connectivity index (χ1v) is 8.28. The van der Waals surface area contributed by atoms with Crippen LogP contribution in [-0.2, 0) is 6.54 Å². The number of hydrogen-bond acceptors (Lipinski definition) is 2. The summed E-state index contributed by atoms with van der Waals surface area (Å²) in [6.07, 6.45) is 7.44. The molecule has 0 saturated carbocycles. The highest BCUT2D eigenvalue weighted by atomic mass is 35.5. The second kappa shape index (κ2) is 5.31. The van der Waals surface area contributed by atoms with Gasteiger partial charge in [0.1, 0.15) is 0 Å². The van der Waals surface area contributed by atoms with E-state index in [-0.39, 0.29) is 0 Å². The molecule has 2 saturated heterocycles. The van der Waals surface area contributed by atoms with Crippen LogP contribution in [0.4, 0.5) is 0 Å². The molecular weight excluding hydrogens is 282 g/mol. The van der Waals surface area contributed by atoms with Crippen LogP contribution in [0.2, 0.25) is 5.02 Å². The molecule has 3 nitrogen and oxygen atoms in total. The molecule has 0 radical (unpaired) electrons. The number of benzene rings is 1. The highest BCUT2D eigenvalue weighted by molar-refractivity contribution is 6.31. The Morgan fingerprint density at radius 3 is 2.76 bits per heavy atom. The van der Waals surface area contributed by atoms with Gasteiger partial charge in [-0.2, -0.15) is 0 Å². The van der Waals surface area contributed by atoms with E-state index in [0.717, 1.165) is 29.2 Å². The molecule has 2 aliphatic heterocycles. The standard InChI is InChI=1S/C17H22ClN3/c1-21(15-7-13-3-4-14(8-15)20-13)10-11-9-19-17-6-12(18)2-5-16(11)17/h2,5-6,9,13-15,19-20H,3-4,7-8,10H2,1H3. The molecule has 0 aliphatic carbocycles. The molecule has 1 aromatic carbocycles. The molecule has 2 unspecified atom stereocenters. The number of H-pyrrole nitrogens is 1. The summed E-state index contributed by atoms with van der Waals surface area (Å²) in [5.74, 6) is 0. The lowest BCUT2D eigenvalue weighted by molar-refractivity contribution is 0.166. The van der Waals surface area contributed by atoms with Gasteiger partial charge >= 0.3 is 0 Å². The predicted molar refractivity (Wildman–Crippen MR) is 87.7 cm³/mol. The Balaban J connectivity index is 1.51. The molecule has 112 valence electrons. The van der Waals surface area contributed by atoms with Gasteiger partial charge in [0.15, 0.2) is 0 Å². The smallest absolute Gasteiger partial charge is 0.0472 e. The van der Waals surface area contributed by atoms with Crippen molar-refractivity contribution in [1.82, 2.24) is 15.2 Å². The van der Waals surface area contributed by atoms with Crippen LogP contribution < -0.4 is 5.32 Å². The van der Waals surface area contributed by atoms with Crippen LogP contribution in [0.25, 0.3) is 10.9 Å². The van der Waals surface area contributed by atoms with Gasteiger partial charge in [-0.1, -0.05) is 17.7 Å². The van der Waals surface area contributed by atoms with E-state index in [1.54, 1.807) is 0 Å². The lowest BCUT2D eigenvalue weighted by Crippen LogP contribution is -2.46. The average Bonchev–Trinajstić information content (AvgIpc) is 3.02. The Morgan fingerprint density at radius 1 is 1.24 bits per heavy atom. The van der Waals surface area contributed by atoms with Gasteiger partial charge in [-0.05, 0) is 50.4 Å². The highest BCUT2D eigenvalue weighted by Crippen LogP contribution is 2.30. The van der Waals surface area contributed by atoms with E-state index < -0.39 is 0 Å². The van der Waals surface area contributed by atoms with Crippen molar-refractivity contribution in [3.05, 3.63) is 35.0 Å². The van der Waals surface area contributed by atoms with E-state index in [4.69, 9.17) is 11.6 Å². The average molecular weight is 304 g/mol. The number of nitrogens with zero attached hydrogens (tertiary/aromatic N) is 1. The van der Waals surface area contributed by atoms with E-state index in [0.29, 0.717) is 6.04 Å². The van der Waals surface area contributed by atoms with E-state index >= 15 is 0 Å². The SMILES string of the molecule is CN(Cc1c[nH]c2cc(Cl)ccc12)C1CC2CCC(C1)N2. The Morgan fingerprint density at radius 2 is 2.00 bits per heavy atom. The van der Waals surface area contributed by atoms with Gasteiger partial charge in [0, 0.05) is 46.8 Å². The minimum Gasteiger partial charge on any atom is -0.361 e. The van der Waals surface area contributed by atoms with Gasteiger partial charge < -0.3 is 10.3 Å². The summed E-state index contributed by atoms with van der Waals surface area (Å²) in [6, 6.07) is 8.32. The summed E-state index contributed by atoms with van der Waals surface area (Å²) in [7, 11) is 2.27. The highest BCUT2D eigenvalue weighted by Gasteiger charge is 2.35. The lowest BCUT2D eigenvalue weighted by atomic mass is 9.98. The Labute approximate surface area is 130 Å². The van der Waals surface area contributed by atoms with Crippen LogP contribution in [0.15, 0.2) is 24.4 Å². The van der Waals surface area contributed by atoms with Crippen LogP contribution >= 0.6 is 11.6 Å². The van der Waals surface area contributed by atoms with Crippen LogP contribution in [0.5, 0.6) is 0 Å². The van der Waals surface area contributed by atoms with Crippen molar-refractivity contribution in [2.75, 3.05) is 7.05 Å². The van der Waals surface area contributed by atoms with Crippen LogP contribution in [0.1, 0.15) is 31.2 Å². The second-order valence-electron chi connectivity index (χ2n) is 6.68. The van der Waals surface area contributed by atoms with Crippen molar-refractivity contribution in [1.29, 1.82) is 0 Å². The summed E-state index contributed by atoms with van der Waals surface area (Å²) in [5, 5.41) is 5.81. The minimum atomic E-state index is 0.709. The molecule has 3 heterocycles. The molecule has 2 atom stereocenters. The monoisotopic (exact) mass is 303 g/mol. The van der Waals surface area contributed by atoms with E-state index in [1.165, 1.54) is 36.6 Å². The van der Waals surface area contributed by atoms with Crippen molar-refractivity contribution in [3.8, 4) is 0 Å². The molecule has 21 heavy (non-hydrogen) atoms. The number of aromatic amines is 1. The predicted octanol–water partition coefficient (Wildman–Crippen LogP) is 3.54. The number of piperidine rings is 1. The first kappa shape index (κ1) is 13.6. The van der Waals surface area contributed by atoms with E-state index in [9.17, 15) is 0 Å². The maximum atomic E-state index is 6.06. The van der Waals surface area contributed by atoms with Crippen LogP contribution in [0, 0.1) is 0 Å². The molecule has 2 N–H and O–H groups in total. The fourth-order valence-corrected chi connectivity index (χ4v) is 4.25. The molecule has 2 bridgehead atoms. The molecule has 0 amide bonds. The quantitative estimate of drug-likeness (QED) is 0.909. The third-order valence-corrected chi connectivity index (χ3v) is 5.46. The zero-order chi connectivity index (χ0) is 14.4. The molecule has 2 aromatic rings. The number of fused-ring (bicyclic) bond motifs is 3. The van der Waals surface area contributed by atoms with E-state index in [2.05, 4.69) is 34.5 Å². The van der Waals surface area contributed by atoms with Crippen molar-refractivity contribution < 1.29 is 0 Å². The summed E-state index contributed by atoms with van der Waals surface area (Å²) in [5.41, 5.74) is 2.51. The number of hydrogen-bond donors (Lipinski definition) is 2. The number of nitrogens with one attached hydrogen (secondary N) is 2. The van der Waals surface area contributed by atoms with Gasteiger partial charge in [0.2, 0.25) is 0 Å². The topological polar surface area (TPSA) is 31.1 Å². The maximum absolute atomic E-state index is 6.06. The number of rotatable bonds is 3. The first-order valence-electron chi connectivity index (χ1n) is 7.91. The summed E-state index contributed by atoms with van der Waals surface area (Å²) in [6.45, 7) is 1.01. The summed E-state index contributed by atoms with van der Waals surface area (Å²) < 4.78 is 0. The minimum absolute atomic E-state index is 0.709. The zero-order valence-electron chi connectivity index (χ0n) is 12.4. The van der Waals surface area contributed by atoms with Gasteiger partial charge in [0.05, 0.1) is 0 Å². The molecule has 0 spiro atoms. The number of aromatic nitrogens is 1. The van der Waals surface area contributed by atoms with Crippen LogP contribution in [0.3, 0.4) is 0 Å². The first-order chi connectivity index (χ1) is 10.2. The van der Waals surface area contributed by atoms with Gasteiger partial charge in [-0.25, -0.2) is 0 Å². The molecular formula is C17H22ClN3.